The predicted octanol–water partition coefficient (Wildman–Crippen LogP) is 3.32. The third-order valence-corrected chi connectivity index (χ3v) is 6.29. The van der Waals surface area contributed by atoms with Gasteiger partial charge in [-0.1, -0.05) is 18.2 Å². The van der Waals surface area contributed by atoms with Crippen molar-refractivity contribution in [3.8, 4) is 11.5 Å². The molecule has 0 aromatic heterocycles. The Morgan fingerprint density at radius 3 is 2.39 bits per heavy atom. The lowest BCUT2D eigenvalue weighted by Gasteiger charge is -2.25. The molecule has 0 bridgehead atoms. The van der Waals surface area contributed by atoms with Crippen LogP contribution in [-0.2, 0) is 4.79 Å². The van der Waals surface area contributed by atoms with E-state index in [-0.39, 0.29) is 23.9 Å². The van der Waals surface area contributed by atoms with E-state index >= 15 is 0 Å². The molecule has 2 aliphatic heterocycles. The SMILES string of the molecule is COc1ccc([C@H]2CN(C(=O)c3ccccc3F)C[C@@H]2C(=O)N2CCCC2)c(OC)c1. The Kier molecular flexibility index (Phi) is 6.11. The fourth-order valence-corrected chi connectivity index (χ4v) is 4.64. The van der Waals surface area contributed by atoms with E-state index in [1.54, 1.807) is 37.3 Å². The van der Waals surface area contributed by atoms with Gasteiger partial charge < -0.3 is 19.3 Å². The summed E-state index contributed by atoms with van der Waals surface area (Å²) in [6.07, 6.45) is 1.99. The van der Waals surface area contributed by atoms with Crippen LogP contribution in [0.4, 0.5) is 4.39 Å². The Balaban J connectivity index is 1.68. The van der Waals surface area contributed by atoms with E-state index < -0.39 is 17.6 Å². The molecule has 0 saturated carbocycles. The molecule has 2 saturated heterocycles. The number of methoxy groups -OCH3 is 2. The summed E-state index contributed by atoms with van der Waals surface area (Å²) < 4.78 is 25.1. The molecule has 2 heterocycles. The van der Waals surface area contributed by atoms with Crippen molar-refractivity contribution in [3.63, 3.8) is 0 Å². The predicted molar refractivity (Wildman–Crippen MR) is 114 cm³/mol. The van der Waals surface area contributed by atoms with E-state index in [1.807, 2.05) is 17.0 Å². The van der Waals surface area contributed by atoms with Crippen LogP contribution in [0.2, 0.25) is 0 Å². The lowest BCUT2D eigenvalue weighted by atomic mass is 9.87. The van der Waals surface area contributed by atoms with Crippen LogP contribution in [0, 0.1) is 11.7 Å². The van der Waals surface area contributed by atoms with Gasteiger partial charge in [-0.3, -0.25) is 9.59 Å². The minimum absolute atomic E-state index is 0.0252. The number of carbonyl (C=O) groups is 2. The minimum atomic E-state index is -0.555. The molecule has 0 aliphatic carbocycles. The molecule has 0 unspecified atom stereocenters. The van der Waals surface area contributed by atoms with Crippen molar-refractivity contribution < 1.29 is 23.5 Å². The van der Waals surface area contributed by atoms with Gasteiger partial charge in [-0.05, 0) is 31.0 Å². The van der Waals surface area contributed by atoms with Crippen molar-refractivity contribution in [2.75, 3.05) is 40.4 Å². The van der Waals surface area contributed by atoms with Crippen molar-refractivity contribution >= 4 is 11.8 Å². The Hall–Kier alpha value is -3.09. The Labute approximate surface area is 181 Å². The second-order valence-electron chi connectivity index (χ2n) is 8.04. The van der Waals surface area contributed by atoms with Gasteiger partial charge in [-0.15, -0.1) is 0 Å². The Morgan fingerprint density at radius 2 is 1.71 bits per heavy atom. The highest BCUT2D eigenvalue weighted by molar-refractivity contribution is 5.95. The average Bonchev–Trinajstić information content (AvgIpc) is 3.48. The normalized spacial score (nSPS) is 20.7. The molecule has 6 nitrogen and oxygen atoms in total. The molecule has 7 heteroatoms. The zero-order valence-electron chi connectivity index (χ0n) is 17.8. The van der Waals surface area contributed by atoms with Gasteiger partial charge in [0.1, 0.15) is 17.3 Å². The largest absolute Gasteiger partial charge is 0.497 e. The lowest BCUT2D eigenvalue weighted by Crippen LogP contribution is -2.37. The van der Waals surface area contributed by atoms with Crippen LogP contribution in [0.15, 0.2) is 42.5 Å². The number of carbonyl (C=O) groups excluding carboxylic acids is 2. The van der Waals surface area contributed by atoms with Gasteiger partial charge >= 0.3 is 0 Å². The Morgan fingerprint density at radius 1 is 0.968 bits per heavy atom. The number of likely N-dealkylation sites (tertiary alicyclic amines) is 2. The highest BCUT2D eigenvalue weighted by atomic mass is 19.1. The minimum Gasteiger partial charge on any atom is -0.497 e. The number of hydrogen-bond donors (Lipinski definition) is 0. The van der Waals surface area contributed by atoms with Gasteiger partial charge in [0.15, 0.2) is 0 Å². The highest BCUT2D eigenvalue weighted by Crippen LogP contribution is 2.40. The summed E-state index contributed by atoms with van der Waals surface area (Å²) >= 11 is 0. The molecule has 2 aliphatic rings. The Bertz CT molecular complexity index is 974. The summed E-state index contributed by atoms with van der Waals surface area (Å²) in [6.45, 7) is 2.05. The standard InChI is InChI=1S/C24H27FN2O4/c1-30-16-9-10-17(22(13-16)31-2)19-14-27(23(28)18-7-3-4-8-21(18)25)15-20(19)24(29)26-11-5-6-12-26/h3-4,7-10,13,19-20H,5-6,11-12,14-15H2,1-2H3/t19-,20+/m1/s1. The third-order valence-electron chi connectivity index (χ3n) is 6.29. The monoisotopic (exact) mass is 426 g/mol. The van der Waals surface area contributed by atoms with Crippen LogP contribution in [-0.4, -0.2) is 62.0 Å². The number of halogens is 1. The number of ether oxygens (including phenoxy) is 2. The van der Waals surface area contributed by atoms with Crippen LogP contribution in [0.3, 0.4) is 0 Å². The number of rotatable bonds is 5. The van der Waals surface area contributed by atoms with Crippen LogP contribution >= 0.6 is 0 Å². The number of hydrogen-bond acceptors (Lipinski definition) is 4. The summed E-state index contributed by atoms with van der Waals surface area (Å²) in [5.74, 6) is -0.290. The molecule has 164 valence electrons. The van der Waals surface area contributed by atoms with Crippen LogP contribution in [0.1, 0.15) is 34.7 Å². The quantitative estimate of drug-likeness (QED) is 0.736. The third kappa shape index (κ3) is 4.09. The summed E-state index contributed by atoms with van der Waals surface area (Å²) in [5, 5.41) is 0. The smallest absolute Gasteiger partial charge is 0.256 e. The molecule has 0 radical (unpaired) electrons. The van der Waals surface area contributed by atoms with Crippen LogP contribution in [0.5, 0.6) is 11.5 Å². The highest BCUT2D eigenvalue weighted by Gasteiger charge is 2.44. The fourth-order valence-electron chi connectivity index (χ4n) is 4.64. The van der Waals surface area contributed by atoms with Crippen molar-refractivity contribution in [1.29, 1.82) is 0 Å². The summed E-state index contributed by atoms with van der Waals surface area (Å²) in [7, 11) is 3.16. The summed E-state index contributed by atoms with van der Waals surface area (Å²) in [5.41, 5.74) is 0.877. The molecular formula is C24H27FN2O4. The summed E-state index contributed by atoms with van der Waals surface area (Å²) in [6, 6.07) is 11.5. The molecule has 31 heavy (non-hydrogen) atoms. The zero-order chi connectivity index (χ0) is 22.0. The van der Waals surface area contributed by atoms with Crippen LogP contribution < -0.4 is 9.47 Å². The van der Waals surface area contributed by atoms with Gasteiger partial charge in [0.25, 0.3) is 5.91 Å². The molecule has 0 N–H and O–H groups in total. The molecule has 4 rings (SSSR count). The van der Waals surface area contributed by atoms with Crippen molar-refractivity contribution in [1.82, 2.24) is 9.80 Å². The van der Waals surface area contributed by atoms with Gasteiger partial charge in [0.2, 0.25) is 5.91 Å². The van der Waals surface area contributed by atoms with Crippen molar-refractivity contribution in [2.45, 2.75) is 18.8 Å². The average molecular weight is 426 g/mol. The molecule has 2 aromatic rings. The zero-order valence-corrected chi connectivity index (χ0v) is 17.8. The first-order valence-electron chi connectivity index (χ1n) is 10.6. The maximum atomic E-state index is 14.3. The van der Waals surface area contributed by atoms with E-state index in [2.05, 4.69) is 0 Å². The second-order valence-corrected chi connectivity index (χ2v) is 8.04. The number of benzene rings is 2. The molecular weight excluding hydrogens is 399 g/mol. The molecule has 2 fully saturated rings. The van der Waals surface area contributed by atoms with Gasteiger partial charge in [-0.2, -0.15) is 0 Å². The molecule has 0 spiro atoms. The fraction of sp³-hybridized carbons (Fsp3) is 0.417. The van der Waals surface area contributed by atoms with Crippen LogP contribution in [0.25, 0.3) is 0 Å². The van der Waals surface area contributed by atoms with Gasteiger partial charge in [-0.25, -0.2) is 4.39 Å². The second kappa shape index (κ2) is 8.96. The van der Waals surface area contributed by atoms with E-state index in [0.29, 0.717) is 18.0 Å². The van der Waals surface area contributed by atoms with Gasteiger partial charge in [0, 0.05) is 43.7 Å². The first-order valence-corrected chi connectivity index (χ1v) is 10.6. The molecule has 2 aromatic carbocycles. The molecule has 2 amide bonds. The van der Waals surface area contributed by atoms with E-state index in [9.17, 15) is 14.0 Å². The number of nitrogens with zero attached hydrogens (tertiary/aromatic N) is 2. The summed E-state index contributed by atoms with van der Waals surface area (Å²) in [4.78, 5) is 29.9. The maximum Gasteiger partial charge on any atom is 0.256 e. The first kappa shape index (κ1) is 21.2. The van der Waals surface area contributed by atoms with Crippen molar-refractivity contribution in [3.05, 3.63) is 59.4 Å². The topological polar surface area (TPSA) is 59.1 Å². The van der Waals surface area contributed by atoms with E-state index in [4.69, 9.17) is 9.47 Å². The maximum absolute atomic E-state index is 14.3. The van der Waals surface area contributed by atoms with E-state index in [0.717, 1.165) is 31.5 Å². The lowest BCUT2D eigenvalue weighted by molar-refractivity contribution is -0.134. The van der Waals surface area contributed by atoms with Crippen molar-refractivity contribution in [2.24, 2.45) is 5.92 Å². The van der Waals surface area contributed by atoms with E-state index in [1.165, 1.54) is 12.1 Å². The number of amides is 2. The molecule has 2 atom stereocenters. The van der Waals surface area contributed by atoms with Gasteiger partial charge in [0.05, 0.1) is 25.7 Å². The first-order chi connectivity index (χ1) is 15.0.